The van der Waals surface area contributed by atoms with Crippen LogP contribution >= 0.6 is 0 Å². The molecule has 0 aliphatic heterocycles. The summed E-state index contributed by atoms with van der Waals surface area (Å²) in [5, 5.41) is 4.83. The molecule has 0 aliphatic carbocycles. The zero-order chi connectivity index (χ0) is 15.8. The Bertz CT molecular complexity index is 984. The second-order valence-corrected chi connectivity index (χ2v) is 5.94. The van der Waals surface area contributed by atoms with Crippen molar-refractivity contribution in [1.29, 1.82) is 0 Å². The standard InChI is InChI=1S/C20H20N3/c1-3-17-13-20-22(14-16-9-5-4-6-10-16)18-11-7-8-12-19(18)23(20)21-15(17)2/h4-13H,3,14H2,1-2H3/q+1. The molecule has 0 spiro atoms. The Morgan fingerprint density at radius 3 is 2.52 bits per heavy atom. The van der Waals surface area contributed by atoms with Crippen molar-refractivity contribution >= 4 is 16.7 Å². The summed E-state index contributed by atoms with van der Waals surface area (Å²) in [6.45, 7) is 5.13. The normalized spacial score (nSPS) is 11.4. The highest BCUT2D eigenvalue weighted by Gasteiger charge is 2.21. The monoisotopic (exact) mass is 302 g/mol. The van der Waals surface area contributed by atoms with Gasteiger partial charge in [0.05, 0.1) is 5.69 Å². The molecule has 23 heavy (non-hydrogen) atoms. The van der Waals surface area contributed by atoms with E-state index in [-0.39, 0.29) is 0 Å². The van der Waals surface area contributed by atoms with Crippen LogP contribution in [0.25, 0.3) is 16.7 Å². The van der Waals surface area contributed by atoms with Crippen LogP contribution in [0.3, 0.4) is 0 Å². The third-order valence-electron chi connectivity index (χ3n) is 4.48. The van der Waals surface area contributed by atoms with Crippen molar-refractivity contribution in [2.24, 2.45) is 0 Å². The maximum atomic E-state index is 4.83. The van der Waals surface area contributed by atoms with Gasteiger partial charge in [0, 0.05) is 6.07 Å². The Morgan fingerprint density at radius 1 is 1.00 bits per heavy atom. The van der Waals surface area contributed by atoms with Gasteiger partial charge in [-0.25, -0.2) is 4.57 Å². The molecule has 3 nitrogen and oxygen atoms in total. The molecule has 4 rings (SSSR count). The number of imidazole rings is 1. The average molecular weight is 302 g/mol. The highest BCUT2D eigenvalue weighted by atomic mass is 15.3. The minimum absolute atomic E-state index is 0.853. The van der Waals surface area contributed by atoms with Crippen molar-refractivity contribution in [2.75, 3.05) is 0 Å². The summed E-state index contributed by atoms with van der Waals surface area (Å²) in [5.41, 5.74) is 7.24. The Hall–Kier alpha value is -2.68. The van der Waals surface area contributed by atoms with Crippen LogP contribution in [-0.2, 0) is 13.0 Å². The van der Waals surface area contributed by atoms with E-state index in [1.807, 2.05) is 0 Å². The number of hydrogen-bond acceptors (Lipinski definition) is 1. The lowest BCUT2D eigenvalue weighted by atomic mass is 10.2. The van der Waals surface area contributed by atoms with E-state index < -0.39 is 0 Å². The van der Waals surface area contributed by atoms with Gasteiger partial charge in [-0.3, -0.25) is 0 Å². The first kappa shape index (κ1) is 13.9. The van der Waals surface area contributed by atoms with E-state index in [1.165, 1.54) is 16.6 Å². The zero-order valence-corrected chi connectivity index (χ0v) is 13.5. The molecule has 0 aliphatic rings. The summed E-state index contributed by atoms with van der Waals surface area (Å²) in [6, 6.07) is 21.4. The molecule has 2 aromatic heterocycles. The number of fused-ring (bicyclic) bond motifs is 3. The molecule has 0 saturated heterocycles. The largest absolute Gasteiger partial charge is 0.308 e. The average Bonchev–Trinajstić information content (AvgIpc) is 2.88. The highest BCUT2D eigenvalue weighted by Crippen LogP contribution is 2.17. The lowest BCUT2D eigenvalue weighted by Gasteiger charge is -2.02. The van der Waals surface area contributed by atoms with E-state index >= 15 is 0 Å². The predicted molar refractivity (Wildman–Crippen MR) is 92.6 cm³/mol. The van der Waals surface area contributed by atoms with Crippen molar-refractivity contribution in [3.63, 3.8) is 0 Å². The number of rotatable bonds is 3. The first-order chi connectivity index (χ1) is 11.3. The molecule has 4 aromatic rings. The topological polar surface area (TPSA) is 21.2 Å². The number of aromatic nitrogens is 3. The van der Waals surface area contributed by atoms with Crippen molar-refractivity contribution in [3.05, 3.63) is 77.5 Å². The zero-order valence-electron chi connectivity index (χ0n) is 13.5. The van der Waals surface area contributed by atoms with E-state index in [4.69, 9.17) is 5.10 Å². The van der Waals surface area contributed by atoms with Gasteiger partial charge in [0.1, 0.15) is 6.54 Å². The van der Waals surface area contributed by atoms with Gasteiger partial charge in [-0.05, 0) is 36.6 Å². The van der Waals surface area contributed by atoms with E-state index in [9.17, 15) is 0 Å². The van der Waals surface area contributed by atoms with Gasteiger partial charge in [-0.15, -0.1) is 0 Å². The molecule has 0 fully saturated rings. The quantitative estimate of drug-likeness (QED) is 0.529. The van der Waals surface area contributed by atoms with Crippen LogP contribution in [0.5, 0.6) is 0 Å². The number of hydrogen-bond donors (Lipinski definition) is 0. The molecule has 2 heterocycles. The molecule has 2 aromatic carbocycles. The number of nitrogens with zero attached hydrogens (tertiary/aromatic N) is 3. The minimum atomic E-state index is 0.853. The van der Waals surface area contributed by atoms with Gasteiger partial charge in [0.25, 0.3) is 0 Å². The van der Waals surface area contributed by atoms with Crippen molar-refractivity contribution < 1.29 is 4.57 Å². The third kappa shape index (κ3) is 2.29. The number of aryl methyl sites for hydroxylation is 2. The minimum Gasteiger partial charge on any atom is -0.217 e. The van der Waals surface area contributed by atoms with Crippen LogP contribution in [0, 0.1) is 6.92 Å². The molecule has 114 valence electrons. The van der Waals surface area contributed by atoms with Crippen molar-refractivity contribution in [1.82, 2.24) is 9.61 Å². The molecule has 0 amide bonds. The molecular weight excluding hydrogens is 282 g/mol. The van der Waals surface area contributed by atoms with Gasteiger partial charge in [-0.2, -0.15) is 0 Å². The Balaban J connectivity index is 2.03. The maximum Gasteiger partial charge on any atom is 0.308 e. The molecule has 0 N–H and O–H groups in total. The SMILES string of the molecule is CCc1cc2n(nc1C)c1ccccc1[n+]2Cc1ccccc1. The smallest absolute Gasteiger partial charge is 0.217 e. The van der Waals surface area contributed by atoms with Crippen LogP contribution in [-0.4, -0.2) is 9.61 Å². The van der Waals surface area contributed by atoms with Gasteiger partial charge < -0.3 is 0 Å². The highest BCUT2D eigenvalue weighted by molar-refractivity contribution is 5.75. The predicted octanol–water partition coefficient (Wildman–Crippen LogP) is 3.69. The van der Waals surface area contributed by atoms with E-state index in [0.717, 1.165) is 29.8 Å². The van der Waals surface area contributed by atoms with E-state index in [1.54, 1.807) is 0 Å². The van der Waals surface area contributed by atoms with Crippen LogP contribution < -0.4 is 4.57 Å². The second-order valence-electron chi connectivity index (χ2n) is 5.94. The summed E-state index contributed by atoms with van der Waals surface area (Å²) in [6.07, 6.45) is 1.00. The Labute approximate surface area is 135 Å². The summed E-state index contributed by atoms with van der Waals surface area (Å²) in [4.78, 5) is 0. The van der Waals surface area contributed by atoms with Gasteiger partial charge in [0.15, 0.2) is 5.52 Å². The third-order valence-corrected chi connectivity index (χ3v) is 4.48. The van der Waals surface area contributed by atoms with Crippen molar-refractivity contribution in [2.45, 2.75) is 26.8 Å². The molecule has 0 saturated carbocycles. The number of para-hydroxylation sites is 2. The Kier molecular flexibility index (Phi) is 3.34. The van der Waals surface area contributed by atoms with Crippen LogP contribution in [0.1, 0.15) is 23.7 Å². The summed E-state index contributed by atoms with van der Waals surface area (Å²) in [7, 11) is 0. The first-order valence-corrected chi connectivity index (χ1v) is 8.11. The second kappa shape index (κ2) is 5.51. The molecule has 0 unspecified atom stereocenters. The van der Waals surface area contributed by atoms with Crippen molar-refractivity contribution in [3.8, 4) is 0 Å². The lowest BCUT2D eigenvalue weighted by Crippen LogP contribution is -2.34. The maximum absolute atomic E-state index is 4.83. The fraction of sp³-hybridized carbons (Fsp3) is 0.200. The van der Waals surface area contributed by atoms with E-state index in [0.29, 0.717) is 0 Å². The molecule has 0 bridgehead atoms. The summed E-state index contributed by atoms with van der Waals surface area (Å²) in [5.74, 6) is 0. The molecule has 3 heteroatoms. The Morgan fingerprint density at radius 2 is 1.74 bits per heavy atom. The number of benzene rings is 2. The fourth-order valence-corrected chi connectivity index (χ4v) is 3.24. The first-order valence-electron chi connectivity index (χ1n) is 8.11. The van der Waals surface area contributed by atoms with Gasteiger partial charge in [0.2, 0.25) is 5.52 Å². The van der Waals surface area contributed by atoms with E-state index in [2.05, 4.69) is 83.6 Å². The summed E-state index contributed by atoms with van der Waals surface area (Å²) < 4.78 is 4.43. The summed E-state index contributed by atoms with van der Waals surface area (Å²) >= 11 is 0. The fourth-order valence-electron chi connectivity index (χ4n) is 3.24. The molecular formula is C20H20N3+. The van der Waals surface area contributed by atoms with Crippen LogP contribution in [0.2, 0.25) is 0 Å². The molecule has 0 radical (unpaired) electrons. The van der Waals surface area contributed by atoms with Gasteiger partial charge in [-0.1, -0.05) is 59.0 Å². The van der Waals surface area contributed by atoms with Crippen LogP contribution in [0.15, 0.2) is 60.7 Å². The van der Waals surface area contributed by atoms with Crippen LogP contribution in [0.4, 0.5) is 0 Å². The lowest BCUT2D eigenvalue weighted by molar-refractivity contribution is -0.636. The van der Waals surface area contributed by atoms with Gasteiger partial charge >= 0.3 is 5.65 Å². The molecule has 0 atom stereocenters.